The van der Waals surface area contributed by atoms with Crippen LogP contribution in [0.2, 0.25) is 0 Å². The molecule has 1 N–H and O–H groups in total. The molecule has 0 fully saturated rings. The van der Waals surface area contributed by atoms with Crippen molar-refractivity contribution in [1.82, 2.24) is 0 Å². The van der Waals surface area contributed by atoms with Gasteiger partial charge in [0.05, 0.1) is 5.56 Å². The third-order valence-electron chi connectivity index (χ3n) is 5.37. The normalized spacial score (nSPS) is 11.0. The zero-order valence-corrected chi connectivity index (χ0v) is 15.7. The molecule has 0 atom stereocenters. The highest BCUT2D eigenvalue weighted by atomic mass is 16.4. The van der Waals surface area contributed by atoms with E-state index in [1.807, 2.05) is 84.9 Å². The molecule has 0 bridgehead atoms. The van der Waals surface area contributed by atoms with E-state index in [4.69, 9.17) is 0 Å². The summed E-state index contributed by atoms with van der Waals surface area (Å²) in [5.74, 6) is -0.915. The molecule has 0 aliphatic heterocycles. The van der Waals surface area contributed by atoms with Crippen LogP contribution >= 0.6 is 0 Å². The van der Waals surface area contributed by atoms with E-state index >= 15 is 0 Å². The van der Waals surface area contributed by atoms with Crippen LogP contribution in [-0.4, -0.2) is 11.1 Å². The number of carbonyl (C=O) groups is 1. The number of hydrogen-bond acceptors (Lipinski definition) is 1. The van der Waals surface area contributed by atoms with E-state index < -0.39 is 5.97 Å². The van der Waals surface area contributed by atoms with Gasteiger partial charge in [0.25, 0.3) is 0 Å². The minimum absolute atomic E-state index is 0.346. The molecule has 0 aliphatic rings. The van der Waals surface area contributed by atoms with Crippen molar-refractivity contribution < 1.29 is 9.90 Å². The molecule has 5 aromatic rings. The zero-order valence-electron chi connectivity index (χ0n) is 15.7. The summed E-state index contributed by atoms with van der Waals surface area (Å²) in [7, 11) is 0. The van der Waals surface area contributed by atoms with E-state index in [2.05, 4.69) is 18.2 Å². The third kappa shape index (κ3) is 2.95. The Balaban J connectivity index is 1.98. The van der Waals surface area contributed by atoms with Gasteiger partial charge in [-0.25, -0.2) is 4.79 Å². The highest BCUT2D eigenvalue weighted by Crippen LogP contribution is 2.40. The zero-order chi connectivity index (χ0) is 19.8. The van der Waals surface area contributed by atoms with Gasteiger partial charge < -0.3 is 5.11 Å². The van der Waals surface area contributed by atoms with Crippen molar-refractivity contribution in [3.63, 3.8) is 0 Å². The van der Waals surface area contributed by atoms with E-state index in [0.29, 0.717) is 5.56 Å². The average Bonchev–Trinajstić information content (AvgIpc) is 2.77. The lowest BCUT2D eigenvalue weighted by Gasteiger charge is -2.17. The fraction of sp³-hybridized carbons (Fsp3) is 0. The van der Waals surface area contributed by atoms with Crippen LogP contribution in [0.4, 0.5) is 0 Å². The first-order chi connectivity index (χ1) is 14.2. The second-order valence-corrected chi connectivity index (χ2v) is 7.13. The fourth-order valence-corrected chi connectivity index (χ4v) is 4.06. The number of carboxylic acid groups (broad SMARTS) is 1. The standard InChI is InChI=1S/C27H18O2/c28-27(29)26-24-16-21-14-8-7-13-20(21)15-22(24)17-23(18-9-3-1-4-10-18)25(26)19-11-5-2-6-12-19/h1-17H,(H,28,29). The lowest BCUT2D eigenvalue weighted by atomic mass is 9.86. The van der Waals surface area contributed by atoms with Crippen molar-refractivity contribution in [2.45, 2.75) is 0 Å². The van der Waals surface area contributed by atoms with Gasteiger partial charge in [-0.15, -0.1) is 0 Å². The number of carboxylic acids is 1. The van der Waals surface area contributed by atoms with Crippen LogP contribution in [0.15, 0.2) is 103 Å². The van der Waals surface area contributed by atoms with Crippen LogP contribution in [0.5, 0.6) is 0 Å². The quantitative estimate of drug-likeness (QED) is 0.344. The van der Waals surface area contributed by atoms with Crippen molar-refractivity contribution in [2.24, 2.45) is 0 Å². The van der Waals surface area contributed by atoms with Gasteiger partial charge in [0.15, 0.2) is 0 Å². The first-order valence-electron chi connectivity index (χ1n) is 9.56. The van der Waals surface area contributed by atoms with Gasteiger partial charge in [-0.3, -0.25) is 0 Å². The van der Waals surface area contributed by atoms with Gasteiger partial charge in [0, 0.05) is 5.56 Å². The summed E-state index contributed by atoms with van der Waals surface area (Å²) >= 11 is 0. The number of benzene rings is 5. The van der Waals surface area contributed by atoms with Gasteiger partial charge in [-0.2, -0.15) is 0 Å². The van der Waals surface area contributed by atoms with E-state index in [0.717, 1.165) is 43.8 Å². The van der Waals surface area contributed by atoms with Crippen molar-refractivity contribution in [3.8, 4) is 22.3 Å². The number of fused-ring (bicyclic) bond motifs is 2. The summed E-state index contributed by atoms with van der Waals surface area (Å²) in [4.78, 5) is 12.5. The van der Waals surface area contributed by atoms with Crippen LogP contribution in [0.25, 0.3) is 43.8 Å². The first kappa shape index (κ1) is 17.2. The maximum atomic E-state index is 12.5. The smallest absolute Gasteiger partial charge is 0.336 e. The van der Waals surface area contributed by atoms with Gasteiger partial charge in [0.1, 0.15) is 0 Å². The minimum atomic E-state index is -0.915. The van der Waals surface area contributed by atoms with Crippen LogP contribution in [0.3, 0.4) is 0 Å². The lowest BCUT2D eigenvalue weighted by molar-refractivity contribution is 0.0700. The van der Waals surface area contributed by atoms with Gasteiger partial charge in [-0.05, 0) is 56.4 Å². The monoisotopic (exact) mass is 374 g/mol. The highest BCUT2D eigenvalue weighted by molar-refractivity contribution is 6.16. The van der Waals surface area contributed by atoms with Crippen LogP contribution < -0.4 is 0 Å². The van der Waals surface area contributed by atoms with Crippen LogP contribution in [0.1, 0.15) is 10.4 Å². The molecule has 2 heteroatoms. The molecule has 0 amide bonds. The molecule has 29 heavy (non-hydrogen) atoms. The Labute approximate surface area is 168 Å². The summed E-state index contributed by atoms with van der Waals surface area (Å²) in [5.41, 5.74) is 3.94. The summed E-state index contributed by atoms with van der Waals surface area (Å²) in [5, 5.41) is 14.1. The predicted molar refractivity (Wildman–Crippen MR) is 119 cm³/mol. The van der Waals surface area contributed by atoms with Crippen molar-refractivity contribution >= 4 is 27.5 Å². The predicted octanol–water partition coefficient (Wildman–Crippen LogP) is 7.03. The van der Waals surface area contributed by atoms with Crippen molar-refractivity contribution in [2.75, 3.05) is 0 Å². The van der Waals surface area contributed by atoms with Gasteiger partial charge in [-0.1, -0.05) is 84.9 Å². The molecule has 0 heterocycles. The maximum Gasteiger partial charge on any atom is 0.336 e. The molecule has 5 aromatic carbocycles. The Morgan fingerprint density at radius 3 is 1.76 bits per heavy atom. The lowest BCUT2D eigenvalue weighted by Crippen LogP contribution is -2.03. The average molecular weight is 374 g/mol. The van der Waals surface area contributed by atoms with E-state index in [1.54, 1.807) is 0 Å². The molecule has 0 aliphatic carbocycles. The SMILES string of the molecule is O=C(O)c1c(-c2ccccc2)c(-c2ccccc2)cc2cc3ccccc3cc12. The van der Waals surface area contributed by atoms with Gasteiger partial charge >= 0.3 is 5.97 Å². The largest absolute Gasteiger partial charge is 0.478 e. The topological polar surface area (TPSA) is 37.3 Å². The second-order valence-electron chi connectivity index (χ2n) is 7.13. The number of hydrogen-bond donors (Lipinski definition) is 1. The Morgan fingerprint density at radius 2 is 1.14 bits per heavy atom. The third-order valence-corrected chi connectivity index (χ3v) is 5.37. The first-order valence-corrected chi connectivity index (χ1v) is 9.56. The van der Waals surface area contributed by atoms with Crippen LogP contribution in [0, 0.1) is 0 Å². The summed E-state index contributed by atoms with van der Waals surface area (Å²) < 4.78 is 0. The molecule has 0 radical (unpaired) electrons. The molecule has 0 spiro atoms. The molecule has 0 saturated heterocycles. The molecular formula is C27H18O2. The van der Waals surface area contributed by atoms with E-state index in [-0.39, 0.29) is 0 Å². The Bertz CT molecular complexity index is 1350. The Kier molecular flexibility index (Phi) is 4.10. The fourth-order valence-electron chi connectivity index (χ4n) is 4.06. The maximum absolute atomic E-state index is 12.5. The Hall–Kier alpha value is -3.91. The summed E-state index contributed by atoms with van der Waals surface area (Å²) in [6.07, 6.45) is 0. The second kappa shape index (κ2) is 6.92. The number of aromatic carboxylic acids is 1. The summed E-state index contributed by atoms with van der Waals surface area (Å²) in [6, 6.07) is 34.0. The van der Waals surface area contributed by atoms with Crippen molar-refractivity contribution in [1.29, 1.82) is 0 Å². The molecule has 5 rings (SSSR count). The Morgan fingerprint density at radius 1 is 0.586 bits per heavy atom. The summed E-state index contributed by atoms with van der Waals surface area (Å²) in [6.45, 7) is 0. The molecule has 0 unspecified atom stereocenters. The minimum Gasteiger partial charge on any atom is -0.478 e. The molecule has 0 saturated carbocycles. The molecule has 0 aromatic heterocycles. The van der Waals surface area contributed by atoms with Gasteiger partial charge in [0.2, 0.25) is 0 Å². The highest BCUT2D eigenvalue weighted by Gasteiger charge is 2.21. The molecular weight excluding hydrogens is 356 g/mol. The van der Waals surface area contributed by atoms with E-state index in [9.17, 15) is 9.90 Å². The number of rotatable bonds is 3. The van der Waals surface area contributed by atoms with E-state index in [1.165, 1.54) is 0 Å². The van der Waals surface area contributed by atoms with Crippen LogP contribution in [-0.2, 0) is 0 Å². The molecule has 138 valence electrons. The molecule has 2 nitrogen and oxygen atoms in total. The van der Waals surface area contributed by atoms with Crippen molar-refractivity contribution in [3.05, 3.63) is 109 Å².